The molecule has 1 atom stereocenters. The molecule has 2 aromatic rings. The van der Waals surface area contributed by atoms with Crippen molar-refractivity contribution in [1.82, 2.24) is 4.90 Å². The zero-order valence-corrected chi connectivity index (χ0v) is 11.0. The molecule has 0 aliphatic heterocycles. The number of amides is 1. The van der Waals surface area contributed by atoms with Gasteiger partial charge in [0.2, 0.25) is 0 Å². The lowest BCUT2D eigenvalue weighted by Crippen LogP contribution is -2.29. The van der Waals surface area contributed by atoms with Crippen LogP contribution in [0.3, 0.4) is 0 Å². The highest BCUT2D eigenvalue weighted by Gasteiger charge is 2.21. The predicted octanol–water partition coefficient (Wildman–Crippen LogP) is 3.48. The van der Waals surface area contributed by atoms with Gasteiger partial charge in [0.25, 0.3) is 5.91 Å². The van der Waals surface area contributed by atoms with Crippen molar-refractivity contribution in [2.45, 2.75) is 19.9 Å². The Bertz CT molecular complexity index is 501. The second-order valence-electron chi connectivity index (χ2n) is 4.00. The highest BCUT2D eigenvalue weighted by atomic mass is 32.1. The average molecular weight is 249 g/mol. The van der Waals surface area contributed by atoms with Crippen LogP contribution < -0.4 is 0 Å². The van der Waals surface area contributed by atoms with Gasteiger partial charge in [0.15, 0.2) is 0 Å². The lowest BCUT2D eigenvalue weighted by molar-refractivity contribution is 0.0743. The van der Waals surface area contributed by atoms with E-state index < -0.39 is 0 Å². The lowest BCUT2D eigenvalue weighted by atomic mass is 10.2. The van der Waals surface area contributed by atoms with E-state index in [0.717, 1.165) is 0 Å². The molecule has 2 rings (SSSR count). The van der Waals surface area contributed by atoms with Crippen molar-refractivity contribution in [3.05, 3.63) is 46.0 Å². The minimum Gasteiger partial charge on any atom is -0.469 e. The number of hydrogen-bond acceptors (Lipinski definition) is 3. The molecule has 2 aromatic heterocycles. The molecule has 0 saturated heterocycles. The Morgan fingerprint density at radius 3 is 2.76 bits per heavy atom. The first-order valence-corrected chi connectivity index (χ1v) is 6.34. The number of furan rings is 1. The number of thiophene rings is 1. The highest BCUT2D eigenvalue weighted by Crippen LogP contribution is 2.25. The highest BCUT2D eigenvalue weighted by molar-refractivity contribution is 7.10. The Kier molecular flexibility index (Phi) is 3.33. The number of carbonyl (C=O) groups excluding carboxylic acids is 1. The minimum absolute atomic E-state index is 0.00264. The van der Waals surface area contributed by atoms with Gasteiger partial charge in [-0.15, -0.1) is 11.3 Å². The van der Waals surface area contributed by atoms with Crippen molar-refractivity contribution in [2.75, 3.05) is 7.05 Å². The quantitative estimate of drug-likeness (QED) is 0.834. The maximum absolute atomic E-state index is 12.2. The van der Waals surface area contributed by atoms with Crippen molar-refractivity contribution in [2.24, 2.45) is 0 Å². The molecular weight excluding hydrogens is 234 g/mol. The van der Waals surface area contributed by atoms with Gasteiger partial charge in [-0.25, -0.2) is 0 Å². The molecule has 17 heavy (non-hydrogen) atoms. The van der Waals surface area contributed by atoms with Crippen molar-refractivity contribution >= 4 is 17.2 Å². The first-order valence-electron chi connectivity index (χ1n) is 5.46. The smallest absolute Gasteiger partial charge is 0.257 e. The number of carbonyl (C=O) groups is 1. The monoisotopic (exact) mass is 249 g/mol. The van der Waals surface area contributed by atoms with Crippen LogP contribution in [0.15, 0.2) is 34.3 Å². The fourth-order valence-electron chi connectivity index (χ4n) is 1.69. The summed E-state index contributed by atoms with van der Waals surface area (Å²) >= 11 is 1.66. The Labute approximate surface area is 105 Å². The molecule has 0 aliphatic carbocycles. The van der Waals surface area contributed by atoms with Crippen LogP contribution in [0.5, 0.6) is 0 Å². The van der Waals surface area contributed by atoms with Crippen molar-refractivity contribution in [1.29, 1.82) is 0 Å². The third-order valence-electron chi connectivity index (χ3n) is 2.95. The summed E-state index contributed by atoms with van der Waals surface area (Å²) in [6.45, 7) is 3.83. The van der Waals surface area contributed by atoms with E-state index in [-0.39, 0.29) is 11.9 Å². The van der Waals surface area contributed by atoms with Gasteiger partial charge in [-0.05, 0) is 31.4 Å². The molecule has 0 bridgehead atoms. The summed E-state index contributed by atoms with van der Waals surface area (Å²) < 4.78 is 5.16. The van der Waals surface area contributed by atoms with Crippen molar-refractivity contribution < 1.29 is 9.21 Å². The van der Waals surface area contributed by atoms with Crippen LogP contribution in [0.4, 0.5) is 0 Å². The van der Waals surface area contributed by atoms with E-state index in [4.69, 9.17) is 4.42 Å². The van der Waals surface area contributed by atoms with Gasteiger partial charge in [0.05, 0.1) is 17.9 Å². The number of nitrogens with zero attached hydrogens (tertiary/aromatic N) is 1. The zero-order valence-electron chi connectivity index (χ0n) is 10.1. The number of rotatable bonds is 3. The fourth-order valence-corrected chi connectivity index (χ4v) is 2.52. The minimum atomic E-state index is -0.00264. The molecule has 0 saturated carbocycles. The molecule has 0 radical (unpaired) electrons. The maximum Gasteiger partial charge on any atom is 0.257 e. The topological polar surface area (TPSA) is 33.5 Å². The second kappa shape index (κ2) is 4.75. The maximum atomic E-state index is 12.2. The van der Waals surface area contributed by atoms with Gasteiger partial charge in [0.1, 0.15) is 5.76 Å². The van der Waals surface area contributed by atoms with Crippen LogP contribution in [0.2, 0.25) is 0 Å². The molecule has 4 heteroatoms. The molecule has 90 valence electrons. The molecule has 0 aliphatic rings. The van der Waals surface area contributed by atoms with Gasteiger partial charge in [-0.2, -0.15) is 0 Å². The Balaban J connectivity index is 2.18. The van der Waals surface area contributed by atoms with Gasteiger partial charge in [-0.3, -0.25) is 4.79 Å². The van der Waals surface area contributed by atoms with E-state index in [1.165, 1.54) is 4.88 Å². The van der Waals surface area contributed by atoms with E-state index in [0.29, 0.717) is 11.3 Å². The Morgan fingerprint density at radius 2 is 2.24 bits per heavy atom. The summed E-state index contributed by atoms with van der Waals surface area (Å²) in [6.07, 6.45) is 1.55. The Hall–Kier alpha value is -1.55. The molecule has 3 nitrogen and oxygen atoms in total. The molecule has 0 fully saturated rings. The van der Waals surface area contributed by atoms with Crippen LogP contribution in [0.25, 0.3) is 0 Å². The Morgan fingerprint density at radius 1 is 1.47 bits per heavy atom. The van der Waals surface area contributed by atoms with E-state index in [1.54, 1.807) is 35.5 Å². The normalized spacial score (nSPS) is 12.4. The molecule has 0 spiro atoms. The van der Waals surface area contributed by atoms with E-state index in [2.05, 4.69) is 0 Å². The van der Waals surface area contributed by atoms with Crippen LogP contribution in [-0.2, 0) is 0 Å². The van der Waals surface area contributed by atoms with Gasteiger partial charge < -0.3 is 9.32 Å². The van der Waals surface area contributed by atoms with Gasteiger partial charge in [0, 0.05) is 11.9 Å². The largest absolute Gasteiger partial charge is 0.469 e. The first kappa shape index (κ1) is 11.9. The SMILES string of the molecule is Cc1occc1C(=O)N(C)C(C)c1cccs1. The predicted molar refractivity (Wildman–Crippen MR) is 68.3 cm³/mol. The lowest BCUT2D eigenvalue weighted by Gasteiger charge is -2.23. The van der Waals surface area contributed by atoms with Gasteiger partial charge >= 0.3 is 0 Å². The summed E-state index contributed by atoms with van der Waals surface area (Å²) in [6, 6.07) is 5.84. The molecule has 2 heterocycles. The summed E-state index contributed by atoms with van der Waals surface area (Å²) in [5.41, 5.74) is 0.635. The fraction of sp³-hybridized carbons (Fsp3) is 0.308. The van der Waals surface area contributed by atoms with Crippen molar-refractivity contribution in [3.8, 4) is 0 Å². The molecule has 1 unspecified atom stereocenters. The summed E-state index contributed by atoms with van der Waals surface area (Å²) in [7, 11) is 1.82. The molecule has 0 N–H and O–H groups in total. The summed E-state index contributed by atoms with van der Waals surface area (Å²) in [5.74, 6) is 0.664. The third kappa shape index (κ3) is 2.26. The number of aryl methyl sites for hydroxylation is 1. The summed E-state index contributed by atoms with van der Waals surface area (Å²) in [5, 5.41) is 2.02. The van der Waals surface area contributed by atoms with E-state index in [9.17, 15) is 4.79 Å². The molecule has 0 aromatic carbocycles. The average Bonchev–Trinajstić information content (AvgIpc) is 2.96. The third-order valence-corrected chi connectivity index (χ3v) is 3.99. The second-order valence-corrected chi connectivity index (χ2v) is 4.98. The van der Waals surface area contributed by atoms with Gasteiger partial charge in [-0.1, -0.05) is 6.07 Å². The standard InChI is InChI=1S/C13H15NO2S/c1-9(12-5-4-8-17-12)14(3)13(15)11-6-7-16-10(11)2/h4-9H,1-3H3. The van der Waals surface area contributed by atoms with Crippen LogP contribution in [0, 0.1) is 6.92 Å². The first-order chi connectivity index (χ1) is 8.11. The van der Waals surface area contributed by atoms with E-state index in [1.807, 2.05) is 31.5 Å². The zero-order chi connectivity index (χ0) is 12.4. The molecular formula is C13H15NO2S. The number of hydrogen-bond donors (Lipinski definition) is 0. The van der Waals surface area contributed by atoms with Crippen LogP contribution in [0.1, 0.15) is 34.0 Å². The van der Waals surface area contributed by atoms with Crippen LogP contribution >= 0.6 is 11.3 Å². The van der Waals surface area contributed by atoms with E-state index >= 15 is 0 Å². The molecule has 1 amide bonds. The summed E-state index contributed by atoms with van der Waals surface area (Å²) in [4.78, 5) is 15.2. The van der Waals surface area contributed by atoms with Crippen molar-refractivity contribution in [3.63, 3.8) is 0 Å². The van der Waals surface area contributed by atoms with Crippen LogP contribution in [-0.4, -0.2) is 17.9 Å².